The second-order valence-corrected chi connectivity index (χ2v) is 5.33. The van der Waals surface area contributed by atoms with Crippen LogP contribution in [0, 0.1) is 5.92 Å². The fourth-order valence-corrected chi connectivity index (χ4v) is 2.71. The summed E-state index contributed by atoms with van der Waals surface area (Å²) in [4.78, 5) is 5.62. The summed E-state index contributed by atoms with van der Waals surface area (Å²) < 4.78 is 2.07. The van der Waals surface area contributed by atoms with Crippen LogP contribution in [0.25, 0.3) is 4.96 Å². The van der Waals surface area contributed by atoms with Gasteiger partial charge in [-0.1, -0.05) is 20.3 Å². The Morgan fingerprint density at radius 2 is 2.38 bits per heavy atom. The first-order chi connectivity index (χ1) is 7.70. The van der Waals surface area contributed by atoms with Crippen LogP contribution >= 0.6 is 11.3 Å². The average molecular weight is 237 g/mol. The van der Waals surface area contributed by atoms with Crippen LogP contribution in [0.4, 0.5) is 0 Å². The Balaban J connectivity index is 2.01. The average Bonchev–Trinajstić information content (AvgIpc) is 2.78. The minimum Gasteiger partial charge on any atom is -0.327 e. The Hall–Kier alpha value is -0.870. The summed E-state index contributed by atoms with van der Waals surface area (Å²) in [7, 11) is 0. The topological polar surface area (TPSA) is 43.3 Å². The first-order valence-corrected chi connectivity index (χ1v) is 6.75. The Morgan fingerprint density at radius 3 is 3.06 bits per heavy atom. The van der Waals surface area contributed by atoms with E-state index in [2.05, 4.69) is 29.4 Å². The van der Waals surface area contributed by atoms with Gasteiger partial charge >= 0.3 is 0 Å². The highest BCUT2D eigenvalue weighted by Gasteiger charge is 2.14. The summed E-state index contributed by atoms with van der Waals surface area (Å²) in [6.45, 7) is 4.43. The van der Waals surface area contributed by atoms with E-state index < -0.39 is 0 Å². The highest BCUT2D eigenvalue weighted by atomic mass is 32.1. The Kier molecular flexibility index (Phi) is 3.61. The van der Waals surface area contributed by atoms with Crippen molar-refractivity contribution in [3.63, 3.8) is 0 Å². The molecule has 0 aromatic carbocycles. The van der Waals surface area contributed by atoms with Crippen LogP contribution < -0.4 is 5.73 Å². The molecule has 3 nitrogen and oxygen atoms in total. The maximum absolute atomic E-state index is 6.18. The van der Waals surface area contributed by atoms with Gasteiger partial charge in [-0.25, -0.2) is 4.98 Å². The van der Waals surface area contributed by atoms with Gasteiger partial charge in [-0.3, -0.25) is 4.40 Å². The van der Waals surface area contributed by atoms with E-state index in [9.17, 15) is 0 Å². The fourth-order valence-electron chi connectivity index (χ4n) is 1.99. The minimum atomic E-state index is 0.226. The van der Waals surface area contributed by atoms with E-state index in [1.807, 2.05) is 11.6 Å². The van der Waals surface area contributed by atoms with Crippen molar-refractivity contribution in [1.82, 2.24) is 9.38 Å². The van der Waals surface area contributed by atoms with Gasteiger partial charge in [-0.2, -0.15) is 0 Å². The van der Waals surface area contributed by atoms with Crippen LogP contribution in [0.3, 0.4) is 0 Å². The predicted octanol–water partition coefficient (Wildman–Crippen LogP) is 2.70. The van der Waals surface area contributed by atoms with Crippen LogP contribution in [0.5, 0.6) is 0 Å². The molecule has 0 amide bonds. The molecule has 88 valence electrons. The number of nitrogens with two attached hydrogens (primary N) is 1. The number of imidazole rings is 1. The van der Waals surface area contributed by atoms with E-state index in [4.69, 9.17) is 5.73 Å². The van der Waals surface area contributed by atoms with Gasteiger partial charge in [0.05, 0.1) is 5.69 Å². The quantitative estimate of drug-likeness (QED) is 0.869. The zero-order valence-corrected chi connectivity index (χ0v) is 10.7. The molecule has 0 spiro atoms. The first kappa shape index (κ1) is 11.6. The molecule has 2 N–H and O–H groups in total. The summed E-state index contributed by atoms with van der Waals surface area (Å²) in [6.07, 6.45) is 7.41. The number of rotatable bonds is 5. The molecule has 0 bridgehead atoms. The zero-order chi connectivity index (χ0) is 11.5. The number of nitrogens with zero attached hydrogens (tertiary/aromatic N) is 2. The lowest BCUT2D eigenvalue weighted by Gasteiger charge is -2.17. The maximum atomic E-state index is 6.18. The third-order valence-electron chi connectivity index (χ3n) is 3.06. The third-order valence-corrected chi connectivity index (χ3v) is 3.83. The van der Waals surface area contributed by atoms with Crippen LogP contribution in [0.1, 0.15) is 32.4 Å². The van der Waals surface area contributed by atoms with Gasteiger partial charge in [-0.05, 0) is 12.3 Å². The normalized spacial score (nSPS) is 15.4. The number of fused-ring (bicyclic) bond motifs is 1. The van der Waals surface area contributed by atoms with E-state index in [-0.39, 0.29) is 6.04 Å². The molecule has 0 aliphatic rings. The molecule has 4 heteroatoms. The second kappa shape index (κ2) is 4.97. The Bertz CT molecular complexity index is 417. The lowest BCUT2D eigenvalue weighted by Crippen LogP contribution is -2.30. The second-order valence-electron chi connectivity index (χ2n) is 4.46. The predicted molar refractivity (Wildman–Crippen MR) is 68.8 cm³/mol. The number of thiazole rings is 1. The molecule has 2 aromatic rings. The molecule has 0 fully saturated rings. The number of aromatic nitrogens is 2. The summed E-state index contributed by atoms with van der Waals surface area (Å²) in [5.74, 6) is 0.574. The maximum Gasteiger partial charge on any atom is 0.193 e. The van der Waals surface area contributed by atoms with Crippen molar-refractivity contribution < 1.29 is 0 Å². The van der Waals surface area contributed by atoms with Crippen LogP contribution in [0.15, 0.2) is 17.8 Å². The number of hydrogen-bond acceptors (Lipinski definition) is 3. The molecule has 0 saturated carbocycles. The van der Waals surface area contributed by atoms with Crippen molar-refractivity contribution in [3.05, 3.63) is 23.5 Å². The zero-order valence-electron chi connectivity index (χ0n) is 9.89. The van der Waals surface area contributed by atoms with Crippen LogP contribution in [-0.4, -0.2) is 15.4 Å². The van der Waals surface area contributed by atoms with Crippen LogP contribution in [0.2, 0.25) is 0 Å². The number of hydrogen-bond donors (Lipinski definition) is 1. The molecule has 0 saturated heterocycles. The first-order valence-electron chi connectivity index (χ1n) is 5.87. The smallest absolute Gasteiger partial charge is 0.193 e. The highest BCUT2D eigenvalue weighted by molar-refractivity contribution is 7.15. The highest BCUT2D eigenvalue weighted by Crippen LogP contribution is 2.16. The van der Waals surface area contributed by atoms with Crippen molar-refractivity contribution in [1.29, 1.82) is 0 Å². The largest absolute Gasteiger partial charge is 0.327 e. The SMILES string of the molecule is CCCC(C)C(N)Cc1cn2ccsc2n1. The molecule has 16 heavy (non-hydrogen) atoms. The fraction of sp³-hybridized carbons (Fsp3) is 0.583. The van der Waals surface area contributed by atoms with E-state index in [0.29, 0.717) is 5.92 Å². The van der Waals surface area contributed by atoms with Gasteiger partial charge in [0.2, 0.25) is 0 Å². The van der Waals surface area contributed by atoms with E-state index in [1.54, 1.807) is 11.3 Å². The minimum absolute atomic E-state index is 0.226. The Labute approximate surface area is 100 Å². The molecule has 2 aromatic heterocycles. The lowest BCUT2D eigenvalue weighted by molar-refractivity contribution is 0.418. The summed E-state index contributed by atoms with van der Waals surface area (Å²) >= 11 is 1.66. The van der Waals surface area contributed by atoms with Crippen molar-refractivity contribution in [2.24, 2.45) is 11.7 Å². The van der Waals surface area contributed by atoms with Crippen molar-refractivity contribution in [2.75, 3.05) is 0 Å². The Morgan fingerprint density at radius 1 is 1.56 bits per heavy atom. The van der Waals surface area contributed by atoms with Crippen molar-refractivity contribution in [3.8, 4) is 0 Å². The lowest BCUT2D eigenvalue weighted by atomic mass is 9.94. The summed E-state index contributed by atoms with van der Waals surface area (Å²) in [5, 5.41) is 2.05. The van der Waals surface area contributed by atoms with Gasteiger partial charge < -0.3 is 5.73 Å². The monoisotopic (exact) mass is 237 g/mol. The molecule has 0 radical (unpaired) electrons. The molecule has 2 heterocycles. The third kappa shape index (κ3) is 2.44. The molecular formula is C12H19N3S. The molecule has 0 aliphatic heterocycles. The van der Waals surface area contributed by atoms with Crippen LogP contribution in [-0.2, 0) is 6.42 Å². The van der Waals surface area contributed by atoms with Crippen molar-refractivity contribution in [2.45, 2.75) is 39.2 Å². The molecule has 2 unspecified atom stereocenters. The van der Waals surface area contributed by atoms with Gasteiger partial charge in [0, 0.05) is 30.2 Å². The molecular weight excluding hydrogens is 218 g/mol. The van der Waals surface area contributed by atoms with E-state index in [0.717, 1.165) is 17.1 Å². The molecule has 0 aliphatic carbocycles. The standard InChI is InChI=1S/C12H19N3S/c1-3-4-9(2)11(13)7-10-8-15-5-6-16-12(15)14-10/h5-6,8-9,11H,3-4,7,13H2,1-2H3. The summed E-state index contributed by atoms with van der Waals surface area (Å²) in [6, 6.07) is 0.226. The van der Waals surface area contributed by atoms with Gasteiger partial charge in [-0.15, -0.1) is 11.3 Å². The summed E-state index contributed by atoms with van der Waals surface area (Å²) in [5.41, 5.74) is 7.29. The van der Waals surface area contributed by atoms with E-state index in [1.165, 1.54) is 12.8 Å². The van der Waals surface area contributed by atoms with Gasteiger partial charge in [0.1, 0.15) is 0 Å². The van der Waals surface area contributed by atoms with E-state index >= 15 is 0 Å². The van der Waals surface area contributed by atoms with Gasteiger partial charge in [0.25, 0.3) is 0 Å². The molecule has 2 rings (SSSR count). The van der Waals surface area contributed by atoms with Crippen molar-refractivity contribution >= 4 is 16.3 Å². The van der Waals surface area contributed by atoms with Gasteiger partial charge in [0.15, 0.2) is 4.96 Å². The molecule has 2 atom stereocenters.